The van der Waals surface area contributed by atoms with Crippen molar-refractivity contribution in [3.8, 4) is 6.07 Å². The number of rotatable bonds is 5. The minimum Gasteiger partial charge on any atom is -0.355 e. The molecule has 0 aliphatic carbocycles. The van der Waals surface area contributed by atoms with Crippen molar-refractivity contribution in [3.63, 3.8) is 0 Å². The molecule has 0 aromatic carbocycles. The van der Waals surface area contributed by atoms with Crippen LogP contribution in [0.5, 0.6) is 0 Å². The van der Waals surface area contributed by atoms with Gasteiger partial charge in [0.25, 0.3) is 0 Å². The van der Waals surface area contributed by atoms with Crippen molar-refractivity contribution < 1.29 is 4.79 Å². The van der Waals surface area contributed by atoms with Gasteiger partial charge in [-0.25, -0.2) is 0 Å². The maximum absolute atomic E-state index is 11.8. The summed E-state index contributed by atoms with van der Waals surface area (Å²) in [6.45, 7) is 5.93. The zero-order valence-corrected chi connectivity index (χ0v) is 9.83. The molecule has 1 unspecified atom stereocenters. The Morgan fingerprint density at radius 1 is 1.69 bits per heavy atom. The van der Waals surface area contributed by atoms with E-state index in [0.717, 1.165) is 26.1 Å². The Kier molecular flexibility index (Phi) is 5.83. The average molecular weight is 224 g/mol. The Morgan fingerprint density at radius 3 is 3.19 bits per heavy atom. The highest BCUT2D eigenvalue weighted by Crippen LogP contribution is 2.05. The number of carbonyl (C=O) groups excluding carboxylic acids is 1. The molecular weight excluding hydrogens is 204 g/mol. The highest BCUT2D eigenvalue weighted by Gasteiger charge is 2.27. The van der Waals surface area contributed by atoms with Crippen LogP contribution in [-0.4, -0.2) is 49.6 Å². The largest absolute Gasteiger partial charge is 0.355 e. The van der Waals surface area contributed by atoms with Gasteiger partial charge in [0.1, 0.15) is 6.04 Å². The summed E-state index contributed by atoms with van der Waals surface area (Å²) < 4.78 is 0. The summed E-state index contributed by atoms with van der Waals surface area (Å²) in [5.41, 5.74) is 0. The van der Waals surface area contributed by atoms with Crippen molar-refractivity contribution in [2.24, 2.45) is 0 Å². The molecule has 0 saturated carbocycles. The monoisotopic (exact) mass is 224 g/mol. The molecule has 1 aliphatic rings. The third-order valence-electron chi connectivity index (χ3n) is 2.74. The zero-order valence-electron chi connectivity index (χ0n) is 9.83. The summed E-state index contributed by atoms with van der Waals surface area (Å²) in [6.07, 6.45) is 1.40. The van der Waals surface area contributed by atoms with Gasteiger partial charge in [-0.2, -0.15) is 5.26 Å². The fourth-order valence-electron chi connectivity index (χ4n) is 1.93. The lowest BCUT2D eigenvalue weighted by Crippen LogP contribution is -2.57. The molecule has 2 N–H and O–H groups in total. The standard InChI is InChI=1S/C11H20N4O/c1-2-14-11(16)10-9-13-6-8-15(10)7-4-3-5-12/h10,13H,2-4,6-9H2,1H3,(H,14,16). The maximum Gasteiger partial charge on any atom is 0.238 e. The van der Waals surface area contributed by atoms with Crippen molar-refractivity contribution in [2.75, 3.05) is 32.7 Å². The van der Waals surface area contributed by atoms with E-state index in [1.165, 1.54) is 0 Å². The van der Waals surface area contributed by atoms with E-state index in [4.69, 9.17) is 5.26 Å². The maximum atomic E-state index is 11.8. The fraction of sp³-hybridized carbons (Fsp3) is 0.818. The molecule has 5 heteroatoms. The number of carbonyl (C=O) groups is 1. The van der Waals surface area contributed by atoms with E-state index in [2.05, 4.69) is 21.6 Å². The number of piperazine rings is 1. The van der Waals surface area contributed by atoms with E-state index >= 15 is 0 Å². The lowest BCUT2D eigenvalue weighted by molar-refractivity contribution is -0.126. The third kappa shape index (κ3) is 3.80. The van der Waals surface area contributed by atoms with Gasteiger partial charge in [0.2, 0.25) is 5.91 Å². The molecule has 1 rings (SSSR count). The lowest BCUT2D eigenvalue weighted by Gasteiger charge is -2.34. The molecule has 0 spiro atoms. The number of hydrogen-bond acceptors (Lipinski definition) is 4. The summed E-state index contributed by atoms with van der Waals surface area (Å²) in [6, 6.07) is 2.06. The van der Waals surface area contributed by atoms with Crippen molar-refractivity contribution in [2.45, 2.75) is 25.8 Å². The van der Waals surface area contributed by atoms with Gasteiger partial charge in [0, 0.05) is 39.1 Å². The number of nitrogens with zero attached hydrogens (tertiary/aromatic N) is 2. The predicted molar refractivity (Wildman–Crippen MR) is 61.8 cm³/mol. The van der Waals surface area contributed by atoms with Crippen LogP contribution in [0.3, 0.4) is 0 Å². The molecule has 16 heavy (non-hydrogen) atoms. The van der Waals surface area contributed by atoms with Crippen molar-refractivity contribution in [1.82, 2.24) is 15.5 Å². The lowest BCUT2D eigenvalue weighted by atomic mass is 10.1. The van der Waals surface area contributed by atoms with Gasteiger partial charge in [-0.15, -0.1) is 0 Å². The fourth-order valence-corrected chi connectivity index (χ4v) is 1.93. The first-order valence-electron chi connectivity index (χ1n) is 5.89. The number of unbranched alkanes of at least 4 members (excludes halogenated alkanes) is 1. The van der Waals surface area contributed by atoms with Crippen LogP contribution >= 0.6 is 0 Å². The highest BCUT2D eigenvalue weighted by atomic mass is 16.2. The van der Waals surface area contributed by atoms with Crippen molar-refractivity contribution in [3.05, 3.63) is 0 Å². The summed E-state index contributed by atoms with van der Waals surface area (Å²) in [7, 11) is 0. The molecule has 0 bridgehead atoms. The van der Waals surface area contributed by atoms with Crippen LogP contribution in [-0.2, 0) is 4.79 Å². The molecule has 0 radical (unpaired) electrons. The van der Waals surface area contributed by atoms with Crippen LogP contribution in [0.4, 0.5) is 0 Å². The number of nitriles is 1. The first kappa shape index (κ1) is 12.9. The molecule has 90 valence electrons. The summed E-state index contributed by atoms with van der Waals surface area (Å²) >= 11 is 0. The van der Waals surface area contributed by atoms with Gasteiger partial charge in [-0.05, 0) is 13.3 Å². The molecule has 1 amide bonds. The summed E-state index contributed by atoms with van der Waals surface area (Å²) in [5, 5.41) is 14.6. The van der Waals surface area contributed by atoms with Crippen molar-refractivity contribution in [1.29, 1.82) is 5.26 Å². The SMILES string of the molecule is CCNC(=O)C1CNCCN1CCCC#N. The van der Waals surface area contributed by atoms with E-state index in [0.29, 0.717) is 19.5 Å². The van der Waals surface area contributed by atoms with Gasteiger partial charge in [-0.1, -0.05) is 0 Å². The smallest absolute Gasteiger partial charge is 0.238 e. The van der Waals surface area contributed by atoms with Crippen LogP contribution in [0.25, 0.3) is 0 Å². The second-order valence-corrected chi connectivity index (χ2v) is 3.91. The van der Waals surface area contributed by atoms with Crippen LogP contribution in [0.1, 0.15) is 19.8 Å². The Bertz CT molecular complexity index is 261. The molecule has 1 saturated heterocycles. The van der Waals surface area contributed by atoms with Crippen LogP contribution < -0.4 is 10.6 Å². The number of amides is 1. The molecule has 0 aromatic rings. The van der Waals surface area contributed by atoms with Crippen molar-refractivity contribution >= 4 is 5.91 Å². The van der Waals surface area contributed by atoms with Crippen LogP contribution in [0.15, 0.2) is 0 Å². The molecule has 5 nitrogen and oxygen atoms in total. The second-order valence-electron chi connectivity index (χ2n) is 3.91. The van der Waals surface area contributed by atoms with E-state index in [9.17, 15) is 4.79 Å². The number of nitrogens with one attached hydrogen (secondary N) is 2. The zero-order chi connectivity index (χ0) is 11.8. The van der Waals surface area contributed by atoms with Gasteiger partial charge >= 0.3 is 0 Å². The summed E-state index contributed by atoms with van der Waals surface area (Å²) in [4.78, 5) is 13.9. The number of likely N-dealkylation sites (N-methyl/N-ethyl adjacent to an activating group) is 1. The molecule has 1 heterocycles. The van der Waals surface area contributed by atoms with Gasteiger partial charge in [0.05, 0.1) is 6.07 Å². The molecular formula is C11H20N4O. The average Bonchev–Trinajstić information content (AvgIpc) is 2.30. The summed E-state index contributed by atoms with van der Waals surface area (Å²) in [5.74, 6) is 0.0895. The minimum atomic E-state index is -0.0765. The quantitative estimate of drug-likeness (QED) is 0.629. The van der Waals surface area contributed by atoms with E-state index < -0.39 is 0 Å². The van der Waals surface area contributed by atoms with Gasteiger partial charge in [0.15, 0.2) is 0 Å². The molecule has 1 atom stereocenters. The molecule has 1 aliphatic heterocycles. The first-order valence-corrected chi connectivity index (χ1v) is 5.89. The van der Waals surface area contributed by atoms with E-state index in [1.807, 2.05) is 6.92 Å². The van der Waals surface area contributed by atoms with Gasteiger partial charge < -0.3 is 10.6 Å². The molecule has 1 fully saturated rings. The third-order valence-corrected chi connectivity index (χ3v) is 2.74. The second kappa shape index (κ2) is 7.20. The van der Waals surface area contributed by atoms with Crippen LogP contribution in [0, 0.1) is 11.3 Å². The normalized spacial score (nSPS) is 21.4. The van der Waals surface area contributed by atoms with E-state index in [-0.39, 0.29) is 11.9 Å². The molecule has 0 aromatic heterocycles. The minimum absolute atomic E-state index is 0.0765. The van der Waals surface area contributed by atoms with E-state index in [1.54, 1.807) is 0 Å². The van der Waals surface area contributed by atoms with Gasteiger partial charge in [-0.3, -0.25) is 9.69 Å². The Labute approximate surface area is 96.8 Å². The number of hydrogen-bond donors (Lipinski definition) is 2. The Morgan fingerprint density at radius 2 is 2.50 bits per heavy atom. The Hall–Kier alpha value is -1.12. The highest BCUT2D eigenvalue weighted by molar-refractivity contribution is 5.82. The topological polar surface area (TPSA) is 68.2 Å². The Balaban J connectivity index is 2.43. The first-order chi connectivity index (χ1) is 7.79. The van der Waals surface area contributed by atoms with Crippen LogP contribution in [0.2, 0.25) is 0 Å². The predicted octanol–water partition coefficient (Wildman–Crippen LogP) is -0.300.